The summed E-state index contributed by atoms with van der Waals surface area (Å²) in [7, 11) is 0. The number of carboxylic acid groups (broad SMARTS) is 2. The van der Waals surface area contributed by atoms with Crippen LogP contribution < -0.4 is 5.43 Å². The summed E-state index contributed by atoms with van der Waals surface area (Å²) in [6.07, 6.45) is 1.60. The monoisotopic (exact) mass is 439 g/mol. The Bertz CT molecular complexity index is 1410. The van der Waals surface area contributed by atoms with Gasteiger partial charge in [-0.05, 0) is 36.4 Å². The quantitative estimate of drug-likeness (QED) is 0.164. The SMILES string of the molecule is O=C(O)c1ccccc1N=NC(=NNc1ccccc1C(=O)O)c1ccnc2ccccc12. The number of nitrogens with one attached hydrogen (secondary N) is 1. The van der Waals surface area contributed by atoms with Crippen LogP contribution in [0, 0.1) is 0 Å². The lowest BCUT2D eigenvalue weighted by atomic mass is 10.1. The zero-order valence-electron chi connectivity index (χ0n) is 17.1. The maximum atomic E-state index is 11.5. The van der Waals surface area contributed by atoms with Crippen molar-refractivity contribution < 1.29 is 19.8 Å². The molecule has 33 heavy (non-hydrogen) atoms. The van der Waals surface area contributed by atoms with E-state index in [-0.39, 0.29) is 28.3 Å². The van der Waals surface area contributed by atoms with Gasteiger partial charge >= 0.3 is 11.9 Å². The normalized spacial score (nSPS) is 11.6. The number of aromatic nitrogens is 1. The van der Waals surface area contributed by atoms with E-state index in [1.807, 2.05) is 24.3 Å². The van der Waals surface area contributed by atoms with Gasteiger partial charge in [0.2, 0.25) is 5.84 Å². The topological polar surface area (TPSA) is 137 Å². The van der Waals surface area contributed by atoms with Gasteiger partial charge in [0.15, 0.2) is 0 Å². The number of carbonyl (C=O) groups is 2. The summed E-state index contributed by atoms with van der Waals surface area (Å²) >= 11 is 0. The molecular weight excluding hydrogens is 422 g/mol. The van der Waals surface area contributed by atoms with Gasteiger partial charge in [-0.25, -0.2) is 9.59 Å². The van der Waals surface area contributed by atoms with E-state index in [0.717, 1.165) is 5.39 Å². The summed E-state index contributed by atoms with van der Waals surface area (Å²) in [6.45, 7) is 0. The average molecular weight is 439 g/mol. The molecule has 0 atom stereocenters. The number of benzene rings is 3. The van der Waals surface area contributed by atoms with Gasteiger partial charge in [0.05, 0.1) is 22.3 Å². The van der Waals surface area contributed by atoms with Crippen molar-refractivity contribution in [2.75, 3.05) is 5.43 Å². The van der Waals surface area contributed by atoms with Crippen LogP contribution in [0.3, 0.4) is 0 Å². The van der Waals surface area contributed by atoms with E-state index in [1.54, 1.807) is 42.6 Å². The summed E-state index contributed by atoms with van der Waals surface area (Å²) in [6, 6.07) is 21.6. The lowest BCUT2D eigenvalue weighted by Gasteiger charge is -2.08. The van der Waals surface area contributed by atoms with E-state index < -0.39 is 11.9 Å². The number of anilines is 1. The fraction of sp³-hybridized carbons (Fsp3) is 0. The molecule has 3 N–H and O–H groups in total. The Morgan fingerprint density at radius 2 is 1.42 bits per heavy atom. The third kappa shape index (κ3) is 4.72. The van der Waals surface area contributed by atoms with E-state index in [4.69, 9.17) is 0 Å². The van der Waals surface area contributed by atoms with Crippen LogP contribution in [0.2, 0.25) is 0 Å². The first-order valence-corrected chi connectivity index (χ1v) is 9.79. The van der Waals surface area contributed by atoms with Crippen LogP contribution in [-0.2, 0) is 0 Å². The number of amidine groups is 1. The number of hydrazone groups is 1. The Labute approximate surface area is 187 Å². The van der Waals surface area contributed by atoms with Crippen LogP contribution in [-0.4, -0.2) is 33.0 Å². The molecule has 9 heteroatoms. The van der Waals surface area contributed by atoms with E-state index >= 15 is 0 Å². The Morgan fingerprint density at radius 3 is 2.21 bits per heavy atom. The Balaban J connectivity index is 1.82. The molecule has 0 radical (unpaired) electrons. The summed E-state index contributed by atoms with van der Waals surface area (Å²) in [5.41, 5.74) is 4.48. The molecule has 4 aromatic rings. The van der Waals surface area contributed by atoms with Crippen LogP contribution in [0.4, 0.5) is 11.4 Å². The largest absolute Gasteiger partial charge is 0.478 e. The van der Waals surface area contributed by atoms with Crippen LogP contribution in [0.1, 0.15) is 26.3 Å². The zero-order chi connectivity index (χ0) is 23.2. The summed E-state index contributed by atoms with van der Waals surface area (Å²) in [5, 5.41) is 32.2. The van der Waals surface area contributed by atoms with Gasteiger partial charge in [0.1, 0.15) is 5.69 Å². The Kier molecular flexibility index (Phi) is 6.12. The maximum Gasteiger partial charge on any atom is 0.337 e. The van der Waals surface area contributed by atoms with E-state index in [0.29, 0.717) is 11.1 Å². The number of nitrogens with zero attached hydrogens (tertiary/aromatic N) is 4. The third-order valence-corrected chi connectivity index (χ3v) is 4.72. The molecule has 1 heterocycles. The first-order valence-electron chi connectivity index (χ1n) is 9.79. The molecule has 0 amide bonds. The van der Waals surface area contributed by atoms with Crippen LogP contribution in [0.25, 0.3) is 10.9 Å². The first-order chi connectivity index (χ1) is 16.0. The van der Waals surface area contributed by atoms with E-state index in [9.17, 15) is 19.8 Å². The number of rotatable bonds is 6. The highest BCUT2D eigenvalue weighted by molar-refractivity contribution is 6.09. The minimum atomic E-state index is -1.13. The van der Waals surface area contributed by atoms with Crippen molar-refractivity contribution in [2.24, 2.45) is 15.3 Å². The smallest absolute Gasteiger partial charge is 0.337 e. The molecule has 0 aliphatic rings. The lowest BCUT2D eigenvalue weighted by molar-refractivity contribution is 0.0687. The van der Waals surface area contributed by atoms with Gasteiger partial charge in [-0.2, -0.15) is 5.10 Å². The number of fused-ring (bicyclic) bond motifs is 1. The molecule has 4 rings (SSSR count). The van der Waals surface area contributed by atoms with Gasteiger partial charge < -0.3 is 10.2 Å². The van der Waals surface area contributed by atoms with Crippen molar-refractivity contribution in [1.29, 1.82) is 0 Å². The molecular formula is C24H17N5O4. The molecule has 3 aromatic carbocycles. The zero-order valence-corrected chi connectivity index (χ0v) is 17.1. The minimum Gasteiger partial charge on any atom is -0.478 e. The molecule has 0 unspecified atom stereocenters. The number of pyridine rings is 1. The Hall–Kier alpha value is -4.92. The number of aromatic carboxylic acids is 2. The number of carboxylic acids is 2. The van der Waals surface area contributed by atoms with Gasteiger partial charge in [0, 0.05) is 17.1 Å². The van der Waals surface area contributed by atoms with Crippen molar-refractivity contribution in [3.05, 3.63) is 102 Å². The van der Waals surface area contributed by atoms with Gasteiger partial charge in [-0.1, -0.05) is 42.5 Å². The molecule has 162 valence electrons. The highest BCUT2D eigenvalue weighted by atomic mass is 16.4. The van der Waals surface area contributed by atoms with Crippen LogP contribution in [0.5, 0.6) is 0 Å². The van der Waals surface area contributed by atoms with Crippen LogP contribution in [0.15, 0.2) is 100 Å². The van der Waals surface area contributed by atoms with E-state index in [1.165, 1.54) is 18.2 Å². The summed E-state index contributed by atoms with van der Waals surface area (Å²) < 4.78 is 0. The average Bonchev–Trinajstić information content (AvgIpc) is 2.84. The van der Waals surface area contributed by atoms with Crippen molar-refractivity contribution in [3.8, 4) is 0 Å². The van der Waals surface area contributed by atoms with Crippen molar-refractivity contribution in [3.63, 3.8) is 0 Å². The van der Waals surface area contributed by atoms with Crippen molar-refractivity contribution >= 4 is 40.1 Å². The second-order valence-electron chi connectivity index (χ2n) is 6.80. The number of azo groups is 1. The predicted molar refractivity (Wildman–Crippen MR) is 123 cm³/mol. The molecule has 0 spiro atoms. The molecule has 0 fully saturated rings. The summed E-state index contributed by atoms with van der Waals surface area (Å²) in [5.74, 6) is -2.12. The second kappa shape index (κ2) is 9.48. The molecule has 0 saturated heterocycles. The predicted octanol–water partition coefficient (Wildman–Crippen LogP) is 5.19. The van der Waals surface area contributed by atoms with Gasteiger partial charge in [0.25, 0.3) is 0 Å². The van der Waals surface area contributed by atoms with E-state index in [2.05, 4.69) is 25.7 Å². The maximum absolute atomic E-state index is 11.5. The lowest BCUT2D eigenvalue weighted by Crippen LogP contribution is -2.06. The number of hydrogen-bond acceptors (Lipinski definition) is 6. The molecule has 0 aliphatic heterocycles. The molecule has 0 aliphatic carbocycles. The fourth-order valence-electron chi connectivity index (χ4n) is 3.15. The molecule has 0 saturated carbocycles. The number of hydrogen-bond donors (Lipinski definition) is 3. The second-order valence-corrected chi connectivity index (χ2v) is 6.80. The number of para-hydroxylation sites is 2. The minimum absolute atomic E-state index is 0.00984. The highest BCUT2D eigenvalue weighted by Crippen LogP contribution is 2.23. The Morgan fingerprint density at radius 1 is 0.758 bits per heavy atom. The first kappa shape index (κ1) is 21.3. The fourth-order valence-corrected chi connectivity index (χ4v) is 3.15. The highest BCUT2D eigenvalue weighted by Gasteiger charge is 2.13. The molecule has 9 nitrogen and oxygen atoms in total. The van der Waals surface area contributed by atoms with Gasteiger partial charge in [-0.15, -0.1) is 10.2 Å². The van der Waals surface area contributed by atoms with Crippen molar-refractivity contribution in [1.82, 2.24) is 4.98 Å². The standard InChI is InChI=1S/C24H17N5O4/c30-23(31)17-8-2-5-11-20(17)26-28-22(16-13-14-25-19-10-4-1-7-15(16)19)29-27-21-12-6-3-9-18(21)24(32)33/h1-14,26H,(H,30,31)(H,32,33). The molecule has 1 aromatic heterocycles. The van der Waals surface area contributed by atoms with Crippen LogP contribution >= 0.6 is 0 Å². The summed E-state index contributed by atoms with van der Waals surface area (Å²) in [4.78, 5) is 27.4. The third-order valence-electron chi connectivity index (χ3n) is 4.72. The van der Waals surface area contributed by atoms with Crippen molar-refractivity contribution in [2.45, 2.75) is 0 Å². The van der Waals surface area contributed by atoms with Gasteiger partial charge in [-0.3, -0.25) is 10.4 Å². The molecule has 0 bridgehead atoms.